The first-order valence-electron chi connectivity index (χ1n) is 4.47. The van der Waals surface area contributed by atoms with E-state index in [0.717, 1.165) is 6.42 Å². The van der Waals surface area contributed by atoms with Crippen LogP contribution in [-0.2, 0) is 6.42 Å². The lowest BCUT2D eigenvalue weighted by Crippen LogP contribution is -1.90. The molecule has 0 fully saturated rings. The van der Waals surface area contributed by atoms with Gasteiger partial charge >= 0.3 is 0 Å². The minimum atomic E-state index is 0.468. The third-order valence-corrected chi connectivity index (χ3v) is 5.03. The van der Waals surface area contributed by atoms with E-state index in [1.807, 2.05) is 11.3 Å². The molecule has 0 radical (unpaired) electrons. The van der Waals surface area contributed by atoms with E-state index in [1.54, 1.807) is 11.3 Å². The molecule has 0 saturated carbocycles. The van der Waals surface area contributed by atoms with Crippen LogP contribution in [0.3, 0.4) is 0 Å². The molecule has 0 amide bonds. The van der Waals surface area contributed by atoms with E-state index in [9.17, 15) is 0 Å². The molecular formula is C11H11BrS2. The van der Waals surface area contributed by atoms with Gasteiger partial charge in [0.2, 0.25) is 0 Å². The Hall–Kier alpha value is -0.120. The summed E-state index contributed by atoms with van der Waals surface area (Å²) in [6.45, 7) is 2.15. The van der Waals surface area contributed by atoms with Crippen molar-refractivity contribution in [1.82, 2.24) is 0 Å². The Balaban J connectivity index is 2.06. The zero-order valence-corrected chi connectivity index (χ0v) is 11.1. The minimum Gasteiger partial charge on any atom is -0.152 e. The number of alkyl halides is 1. The molecule has 14 heavy (non-hydrogen) atoms. The predicted octanol–water partition coefficient (Wildman–Crippen LogP) is 4.80. The van der Waals surface area contributed by atoms with Crippen molar-refractivity contribution in [2.45, 2.75) is 18.2 Å². The lowest BCUT2D eigenvalue weighted by Gasteiger charge is -2.05. The quantitative estimate of drug-likeness (QED) is 0.711. The molecule has 74 valence electrons. The van der Waals surface area contributed by atoms with E-state index in [4.69, 9.17) is 0 Å². The van der Waals surface area contributed by atoms with Crippen molar-refractivity contribution in [2.75, 3.05) is 0 Å². The van der Waals surface area contributed by atoms with Crippen LogP contribution in [0.5, 0.6) is 0 Å². The maximum absolute atomic E-state index is 3.74. The molecular weight excluding hydrogens is 276 g/mol. The van der Waals surface area contributed by atoms with Crippen LogP contribution in [0.15, 0.2) is 29.0 Å². The van der Waals surface area contributed by atoms with Crippen molar-refractivity contribution >= 4 is 38.6 Å². The zero-order valence-electron chi connectivity index (χ0n) is 7.87. The summed E-state index contributed by atoms with van der Waals surface area (Å²) in [6, 6.07) is 6.59. The van der Waals surface area contributed by atoms with E-state index < -0.39 is 0 Å². The Morgan fingerprint density at radius 2 is 2.21 bits per heavy atom. The smallest absolute Gasteiger partial charge is 0.0529 e. The average molecular weight is 287 g/mol. The van der Waals surface area contributed by atoms with Gasteiger partial charge in [0.15, 0.2) is 0 Å². The monoisotopic (exact) mass is 286 g/mol. The Bertz CT molecular complexity index is 389. The maximum atomic E-state index is 3.74. The summed E-state index contributed by atoms with van der Waals surface area (Å²) in [7, 11) is 0. The van der Waals surface area contributed by atoms with Crippen LogP contribution >= 0.6 is 38.6 Å². The molecule has 0 N–H and O–H groups in total. The van der Waals surface area contributed by atoms with Gasteiger partial charge in [-0.3, -0.25) is 0 Å². The molecule has 0 aromatic carbocycles. The molecule has 0 saturated heterocycles. The van der Waals surface area contributed by atoms with E-state index in [2.05, 4.69) is 51.8 Å². The molecule has 0 aliphatic heterocycles. The number of thiophene rings is 2. The molecule has 0 nitrogen and oxygen atoms in total. The summed E-state index contributed by atoms with van der Waals surface area (Å²) in [4.78, 5) is 3.28. The van der Waals surface area contributed by atoms with Gasteiger partial charge in [-0.25, -0.2) is 0 Å². The number of hydrogen-bond acceptors (Lipinski definition) is 2. The Labute approximate surface area is 101 Å². The fourth-order valence-corrected chi connectivity index (χ4v) is 3.68. The molecule has 0 aliphatic carbocycles. The molecule has 2 aromatic rings. The van der Waals surface area contributed by atoms with Crippen molar-refractivity contribution in [3.63, 3.8) is 0 Å². The normalized spacial score (nSPS) is 13.0. The molecule has 3 heteroatoms. The molecule has 0 aliphatic rings. The van der Waals surface area contributed by atoms with Crippen LogP contribution in [0.25, 0.3) is 0 Å². The third kappa shape index (κ3) is 2.47. The fraction of sp³-hybridized carbons (Fsp3) is 0.273. The van der Waals surface area contributed by atoms with Crippen LogP contribution in [0.4, 0.5) is 0 Å². The van der Waals surface area contributed by atoms with Crippen LogP contribution in [-0.4, -0.2) is 0 Å². The highest BCUT2D eigenvalue weighted by atomic mass is 79.9. The van der Waals surface area contributed by atoms with Crippen molar-refractivity contribution in [3.8, 4) is 0 Å². The van der Waals surface area contributed by atoms with E-state index in [0.29, 0.717) is 4.83 Å². The first kappa shape index (κ1) is 10.4. The second kappa shape index (κ2) is 4.60. The number of rotatable bonds is 3. The predicted molar refractivity (Wildman–Crippen MR) is 68.7 cm³/mol. The highest BCUT2D eigenvalue weighted by Crippen LogP contribution is 2.32. The van der Waals surface area contributed by atoms with Gasteiger partial charge in [-0.1, -0.05) is 15.9 Å². The molecule has 2 heterocycles. The van der Waals surface area contributed by atoms with Crippen molar-refractivity contribution in [3.05, 3.63) is 44.3 Å². The summed E-state index contributed by atoms with van der Waals surface area (Å²) >= 11 is 7.37. The molecule has 1 atom stereocenters. The number of halogens is 1. The summed E-state index contributed by atoms with van der Waals surface area (Å²) in [5.74, 6) is 0. The van der Waals surface area contributed by atoms with Gasteiger partial charge in [0.25, 0.3) is 0 Å². The van der Waals surface area contributed by atoms with Gasteiger partial charge in [-0.05, 0) is 47.9 Å². The Morgan fingerprint density at radius 1 is 1.36 bits per heavy atom. The van der Waals surface area contributed by atoms with Crippen LogP contribution in [0, 0.1) is 6.92 Å². The van der Waals surface area contributed by atoms with Crippen LogP contribution in [0.1, 0.15) is 20.1 Å². The zero-order chi connectivity index (χ0) is 9.97. The van der Waals surface area contributed by atoms with Gasteiger partial charge in [-0.15, -0.1) is 11.3 Å². The maximum Gasteiger partial charge on any atom is 0.0529 e. The van der Waals surface area contributed by atoms with Gasteiger partial charge in [0.1, 0.15) is 0 Å². The van der Waals surface area contributed by atoms with Crippen molar-refractivity contribution in [1.29, 1.82) is 0 Å². The summed E-state index contributed by atoms with van der Waals surface area (Å²) in [5, 5.41) is 4.35. The third-order valence-electron chi connectivity index (χ3n) is 2.06. The molecule has 2 aromatic heterocycles. The summed E-state index contributed by atoms with van der Waals surface area (Å²) < 4.78 is 0. The van der Waals surface area contributed by atoms with E-state index >= 15 is 0 Å². The first-order chi connectivity index (χ1) is 6.75. The number of hydrogen-bond donors (Lipinski definition) is 0. The lowest BCUT2D eigenvalue weighted by atomic mass is 10.2. The average Bonchev–Trinajstić information content (AvgIpc) is 2.75. The van der Waals surface area contributed by atoms with Crippen LogP contribution in [0.2, 0.25) is 0 Å². The van der Waals surface area contributed by atoms with E-state index in [-0.39, 0.29) is 0 Å². The van der Waals surface area contributed by atoms with Crippen LogP contribution < -0.4 is 0 Å². The van der Waals surface area contributed by atoms with E-state index in [1.165, 1.54) is 15.3 Å². The molecule has 2 rings (SSSR count). The minimum absolute atomic E-state index is 0.468. The second-order valence-electron chi connectivity index (χ2n) is 3.25. The molecule has 0 bridgehead atoms. The highest BCUT2D eigenvalue weighted by molar-refractivity contribution is 9.09. The fourth-order valence-electron chi connectivity index (χ4n) is 1.34. The Morgan fingerprint density at radius 3 is 2.79 bits per heavy atom. The molecule has 1 unspecified atom stereocenters. The summed E-state index contributed by atoms with van der Waals surface area (Å²) in [5.41, 5.74) is 1.42. The largest absolute Gasteiger partial charge is 0.152 e. The number of aryl methyl sites for hydroxylation is 1. The molecule has 0 spiro atoms. The van der Waals surface area contributed by atoms with Gasteiger partial charge in [-0.2, -0.15) is 11.3 Å². The highest BCUT2D eigenvalue weighted by Gasteiger charge is 2.10. The van der Waals surface area contributed by atoms with Crippen molar-refractivity contribution < 1.29 is 0 Å². The van der Waals surface area contributed by atoms with Crippen molar-refractivity contribution in [2.24, 2.45) is 0 Å². The standard InChI is InChI=1S/C11H11BrS2/c1-8-2-3-11(14-8)10(12)6-9-4-5-13-7-9/h2-5,7,10H,6H2,1H3. The Kier molecular flexibility index (Phi) is 3.42. The second-order valence-corrected chi connectivity index (χ2v) is 6.46. The SMILES string of the molecule is Cc1ccc(C(Br)Cc2ccsc2)s1. The lowest BCUT2D eigenvalue weighted by molar-refractivity contribution is 0.976. The van der Waals surface area contributed by atoms with Gasteiger partial charge in [0, 0.05) is 9.75 Å². The first-order valence-corrected chi connectivity index (χ1v) is 7.14. The van der Waals surface area contributed by atoms with Gasteiger partial charge < -0.3 is 0 Å². The van der Waals surface area contributed by atoms with Gasteiger partial charge in [0.05, 0.1) is 4.83 Å². The summed E-state index contributed by atoms with van der Waals surface area (Å²) in [6.07, 6.45) is 1.09. The topological polar surface area (TPSA) is 0 Å².